The molecule has 1 aliphatic heterocycles. The minimum absolute atomic E-state index is 0.0139. The second kappa shape index (κ2) is 5.47. The number of hydrogen-bond acceptors (Lipinski definition) is 4. The van der Waals surface area contributed by atoms with E-state index in [1.807, 2.05) is 12.1 Å². The lowest BCUT2D eigenvalue weighted by atomic mass is 10.2. The topological polar surface area (TPSA) is 39.6 Å². The molecule has 0 aromatic carbocycles. The van der Waals surface area contributed by atoms with Gasteiger partial charge in [-0.2, -0.15) is 0 Å². The van der Waals surface area contributed by atoms with Crippen LogP contribution in [0.25, 0.3) is 0 Å². The van der Waals surface area contributed by atoms with E-state index in [-0.39, 0.29) is 6.61 Å². The van der Waals surface area contributed by atoms with E-state index in [0.29, 0.717) is 6.04 Å². The van der Waals surface area contributed by atoms with Crippen molar-refractivity contribution in [2.45, 2.75) is 25.5 Å². The largest absolute Gasteiger partial charge is 0.390 e. The van der Waals surface area contributed by atoms with E-state index in [1.165, 1.54) is 18.5 Å². The summed E-state index contributed by atoms with van der Waals surface area (Å²) in [4.78, 5) is 8.79. The summed E-state index contributed by atoms with van der Waals surface area (Å²) in [5.41, 5.74) is 1.94. The van der Waals surface area contributed by atoms with Crippen molar-refractivity contribution in [3.05, 3.63) is 24.0 Å². The average Bonchev–Trinajstić information content (AvgIpc) is 2.76. The van der Waals surface area contributed by atoms with E-state index in [9.17, 15) is 0 Å². The molecule has 0 radical (unpaired) electrons. The van der Waals surface area contributed by atoms with Gasteiger partial charge >= 0.3 is 0 Å². The molecule has 0 bridgehead atoms. The van der Waals surface area contributed by atoms with Crippen molar-refractivity contribution < 1.29 is 5.11 Å². The van der Waals surface area contributed by atoms with Crippen LogP contribution in [0.3, 0.4) is 0 Å². The van der Waals surface area contributed by atoms with Crippen LogP contribution in [0.4, 0.5) is 5.69 Å². The number of hydrogen-bond donors (Lipinski definition) is 1. The van der Waals surface area contributed by atoms with Gasteiger partial charge in [0.05, 0.1) is 12.3 Å². The molecule has 1 atom stereocenters. The number of likely N-dealkylation sites (N-methyl/N-ethyl adjacent to an activating group) is 1. The molecule has 4 nitrogen and oxygen atoms in total. The van der Waals surface area contributed by atoms with E-state index in [0.717, 1.165) is 18.8 Å². The molecule has 1 saturated heterocycles. The molecule has 0 spiro atoms. The third-order valence-electron chi connectivity index (χ3n) is 3.25. The second-order valence-corrected chi connectivity index (χ2v) is 4.92. The zero-order valence-electron chi connectivity index (χ0n) is 10.6. The SMILES string of the molecule is CN(C)CC1CCCN1c1ccnc(CO)c1. The molecule has 1 aromatic rings. The van der Waals surface area contributed by atoms with Crippen LogP contribution in [-0.4, -0.2) is 48.2 Å². The molecule has 1 N–H and O–H groups in total. The highest BCUT2D eigenvalue weighted by Crippen LogP contribution is 2.25. The molecule has 2 rings (SSSR count). The van der Waals surface area contributed by atoms with Crippen LogP contribution < -0.4 is 4.90 Å². The Kier molecular flexibility index (Phi) is 3.97. The minimum atomic E-state index is 0.0139. The molecular weight excluding hydrogens is 214 g/mol. The fourth-order valence-corrected chi connectivity index (χ4v) is 2.52. The molecule has 1 aromatic heterocycles. The maximum Gasteiger partial charge on any atom is 0.0853 e. The van der Waals surface area contributed by atoms with Gasteiger partial charge in [-0.05, 0) is 39.1 Å². The number of aromatic nitrogens is 1. The first-order valence-corrected chi connectivity index (χ1v) is 6.18. The van der Waals surface area contributed by atoms with Crippen LogP contribution >= 0.6 is 0 Å². The molecule has 0 aliphatic carbocycles. The molecule has 1 unspecified atom stereocenters. The fourth-order valence-electron chi connectivity index (χ4n) is 2.52. The number of rotatable bonds is 4. The molecule has 17 heavy (non-hydrogen) atoms. The van der Waals surface area contributed by atoms with Gasteiger partial charge in [-0.1, -0.05) is 0 Å². The fraction of sp³-hybridized carbons (Fsp3) is 0.615. The van der Waals surface area contributed by atoms with Gasteiger partial charge in [0.1, 0.15) is 0 Å². The van der Waals surface area contributed by atoms with Crippen LogP contribution in [-0.2, 0) is 6.61 Å². The third-order valence-corrected chi connectivity index (χ3v) is 3.25. The number of nitrogens with zero attached hydrogens (tertiary/aromatic N) is 3. The summed E-state index contributed by atoms with van der Waals surface area (Å²) in [6, 6.07) is 4.61. The summed E-state index contributed by atoms with van der Waals surface area (Å²) < 4.78 is 0. The van der Waals surface area contributed by atoms with Crippen molar-refractivity contribution >= 4 is 5.69 Å². The van der Waals surface area contributed by atoms with Gasteiger partial charge in [0.25, 0.3) is 0 Å². The normalized spacial score (nSPS) is 20.2. The Labute approximate surface area is 103 Å². The Hall–Kier alpha value is -1.13. The Balaban J connectivity index is 2.14. The first-order chi connectivity index (χ1) is 8.20. The number of anilines is 1. The molecule has 0 saturated carbocycles. The molecule has 4 heteroatoms. The number of pyridine rings is 1. The molecule has 1 aliphatic rings. The zero-order valence-corrected chi connectivity index (χ0v) is 10.6. The lowest BCUT2D eigenvalue weighted by Gasteiger charge is -2.29. The van der Waals surface area contributed by atoms with E-state index in [1.54, 1.807) is 6.20 Å². The van der Waals surface area contributed by atoms with E-state index < -0.39 is 0 Å². The number of aliphatic hydroxyl groups excluding tert-OH is 1. The highest BCUT2D eigenvalue weighted by molar-refractivity contribution is 5.48. The number of aliphatic hydroxyl groups is 1. The molecule has 0 amide bonds. The van der Waals surface area contributed by atoms with Gasteiger partial charge < -0.3 is 14.9 Å². The first-order valence-electron chi connectivity index (χ1n) is 6.18. The Morgan fingerprint density at radius 3 is 3.06 bits per heavy atom. The van der Waals surface area contributed by atoms with Gasteiger partial charge in [0.2, 0.25) is 0 Å². The Morgan fingerprint density at radius 2 is 2.35 bits per heavy atom. The van der Waals surface area contributed by atoms with Crippen molar-refractivity contribution in [3.8, 4) is 0 Å². The quantitative estimate of drug-likeness (QED) is 0.848. The Morgan fingerprint density at radius 1 is 1.53 bits per heavy atom. The maximum atomic E-state index is 9.13. The van der Waals surface area contributed by atoms with Crippen LogP contribution in [0, 0.1) is 0 Å². The summed E-state index contributed by atoms with van der Waals surface area (Å²) in [7, 11) is 4.23. The van der Waals surface area contributed by atoms with Gasteiger partial charge in [-0.15, -0.1) is 0 Å². The average molecular weight is 235 g/mol. The third kappa shape index (κ3) is 2.96. The molecule has 1 fully saturated rings. The van der Waals surface area contributed by atoms with E-state index in [2.05, 4.69) is 28.9 Å². The zero-order chi connectivity index (χ0) is 12.3. The second-order valence-electron chi connectivity index (χ2n) is 4.92. The van der Waals surface area contributed by atoms with Crippen molar-refractivity contribution in [1.82, 2.24) is 9.88 Å². The predicted molar refractivity (Wildman–Crippen MR) is 69.1 cm³/mol. The highest BCUT2D eigenvalue weighted by Gasteiger charge is 2.25. The highest BCUT2D eigenvalue weighted by atomic mass is 16.3. The predicted octanol–water partition coefficient (Wildman–Crippen LogP) is 1.10. The van der Waals surface area contributed by atoms with Crippen LogP contribution in [0.15, 0.2) is 18.3 Å². The van der Waals surface area contributed by atoms with Crippen molar-refractivity contribution in [3.63, 3.8) is 0 Å². The molecule has 2 heterocycles. The maximum absolute atomic E-state index is 9.13. The van der Waals surface area contributed by atoms with Gasteiger partial charge in [-0.25, -0.2) is 0 Å². The lowest BCUT2D eigenvalue weighted by molar-refractivity contribution is 0.277. The lowest BCUT2D eigenvalue weighted by Crippen LogP contribution is -2.37. The van der Waals surface area contributed by atoms with Gasteiger partial charge in [-0.3, -0.25) is 4.98 Å². The summed E-state index contributed by atoms with van der Waals surface area (Å²) >= 11 is 0. The standard InChI is InChI=1S/C13H21N3O/c1-15(2)9-13-4-3-7-16(13)12-5-6-14-11(8-12)10-17/h5-6,8,13,17H,3-4,7,9-10H2,1-2H3. The smallest absolute Gasteiger partial charge is 0.0853 e. The van der Waals surface area contributed by atoms with Crippen molar-refractivity contribution in [2.75, 3.05) is 32.1 Å². The van der Waals surface area contributed by atoms with E-state index >= 15 is 0 Å². The monoisotopic (exact) mass is 235 g/mol. The summed E-state index contributed by atoms with van der Waals surface area (Å²) in [5, 5.41) is 9.13. The van der Waals surface area contributed by atoms with Crippen LogP contribution in [0.2, 0.25) is 0 Å². The van der Waals surface area contributed by atoms with Gasteiger partial charge in [0.15, 0.2) is 0 Å². The summed E-state index contributed by atoms with van der Waals surface area (Å²) in [6.45, 7) is 2.20. The Bertz CT molecular complexity index is 367. The summed E-state index contributed by atoms with van der Waals surface area (Å²) in [5.74, 6) is 0. The van der Waals surface area contributed by atoms with E-state index in [4.69, 9.17) is 5.11 Å². The van der Waals surface area contributed by atoms with Crippen molar-refractivity contribution in [2.24, 2.45) is 0 Å². The first kappa shape index (κ1) is 12.3. The molecule has 94 valence electrons. The van der Waals surface area contributed by atoms with Crippen LogP contribution in [0.1, 0.15) is 18.5 Å². The van der Waals surface area contributed by atoms with Gasteiger partial charge in [0, 0.05) is 31.0 Å². The van der Waals surface area contributed by atoms with Crippen LogP contribution in [0.5, 0.6) is 0 Å². The molecular formula is C13H21N3O. The van der Waals surface area contributed by atoms with Crippen molar-refractivity contribution in [1.29, 1.82) is 0 Å². The minimum Gasteiger partial charge on any atom is -0.390 e. The summed E-state index contributed by atoms with van der Waals surface area (Å²) in [6.07, 6.45) is 4.27.